The van der Waals surface area contributed by atoms with Gasteiger partial charge < -0.3 is 10.1 Å². The van der Waals surface area contributed by atoms with Gasteiger partial charge in [-0.3, -0.25) is 9.69 Å². The molecule has 4 rings (SSSR count). The van der Waals surface area contributed by atoms with E-state index in [-0.39, 0.29) is 27.3 Å². The third kappa shape index (κ3) is 7.70. The number of sulfone groups is 1. The van der Waals surface area contributed by atoms with Crippen molar-refractivity contribution in [3.05, 3.63) is 88.6 Å². The number of benzene rings is 1. The molecule has 1 aromatic carbocycles. The summed E-state index contributed by atoms with van der Waals surface area (Å²) in [6, 6.07) is 7.58. The van der Waals surface area contributed by atoms with E-state index in [2.05, 4.69) is 26.8 Å². The summed E-state index contributed by atoms with van der Waals surface area (Å²) in [5.41, 5.74) is 2.54. The average molecular weight is 629 g/mol. The maximum atomic E-state index is 14.4. The number of carbonyl (C=O) groups is 2. The first-order chi connectivity index (χ1) is 20.3. The van der Waals surface area contributed by atoms with Crippen molar-refractivity contribution in [3.63, 3.8) is 0 Å². The van der Waals surface area contributed by atoms with E-state index in [0.717, 1.165) is 12.0 Å². The van der Waals surface area contributed by atoms with Gasteiger partial charge in [0.1, 0.15) is 29.2 Å². The Bertz CT molecular complexity index is 1740. The zero-order valence-electron chi connectivity index (χ0n) is 24.2. The van der Waals surface area contributed by atoms with Crippen LogP contribution in [0.4, 0.5) is 10.2 Å². The Morgan fingerprint density at radius 3 is 2.53 bits per heavy atom. The van der Waals surface area contributed by atoms with Gasteiger partial charge in [-0.05, 0) is 54.8 Å². The second kappa shape index (κ2) is 13.1. The molecule has 3 heterocycles. The maximum Gasteiger partial charge on any atom is 0.411 e. The van der Waals surface area contributed by atoms with Crippen LogP contribution in [0.3, 0.4) is 0 Å². The molecule has 2 amide bonds. The van der Waals surface area contributed by atoms with Crippen LogP contribution in [0.2, 0.25) is 5.02 Å². The lowest BCUT2D eigenvalue weighted by molar-refractivity contribution is -0.451. The molecule has 0 unspecified atom stereocenters. The molecule has 0 fully saturated rings. The van der Waals surface area contributed by atoms with Crippen molar-refractivity contribution >= 4 is 44.8 Å². The summed E-state index contributed by atoms with van der Waals surface area (Å²) in [6.45, 7) is 10.7. The van der Waals surface area contributed by atoms with Gasteiger partial charge in [0.05, 0.1) is 29.2 Å². The van der Waals surface area contributed by atoms with E-state index in [9.17, 15) is 22.4 Å². The molecular weight excluding hydrogens is 597 g/mol. The van der Waals surface area contributed by atoms with Gasteiger partial charge in [0.15, 0.2) is 22.1 Å². The summed E-state index contributed by atoms with van der Waals surface area (Å²) < 4.78 is 46.0. The van der Waals surface area contributed by atoms with Crippen molar-refractivity contribution in [2.75, 3.05) is 37.8 Å². The molecule has 1 N–H and O–H groups in total. The normalized spacial score (nSPS) is 14.7. The monoisotopic (exact) mass is 628 g/mol. The van der Waals surface area contributed by atoms with Crippen molar-refractivity contribution in [2.45, 2.75) is 31.8 Å². The van der Waals surface area contributed by atoms with E-state index in [1.807, 2.05) is 6.92 Å². The third-order valence-corrected chi connectivity index (χ3v) is 8.38. The van der Waals surface area contributed by atoms with Gasteiger partial charge in [0, 0.05) is 32.0 Å². The average Bonchev–Trinajstić information content (AvgIpc) is 2.94. The summed E-state index contributed by atoms with van der Waals surface area (Å²) in [5, 5.41) is 2.66. The number of hydrogen-bond donors (Lipinski definition) is 1. The fraction of sp³-hybridized carbons (Fsp3) is 0.300. The van der Waals surface area contributed by atoms with Gasteiger partial charge in [-0.1, -0.05) is 24.2 Å². The van der Waals surface area contributed by atoms with E-state index < -0.39 is 27.7 Å². The Kier molecular flexibility index (Phi) is 9.73. The van der Waals surface area contributed by atoms with Crippen molar-refractivity contribution in [1.82, 2.24) is 14.9 Å². The van der Waals surface area contributed by atoms with Gasteiger partial charge in [-0.25, -0.2) is 27.6 Å². The van der Waals surface area contributed by atoms with E-state index in [4.69, 9.17) is 16.3 Å². The molecule has 2 aromatic heterocycles. The lowest BCUT2D eigenvalue weighted by atomic mass is 10.1. The Labute approximate surface area is 254 Å². The minimum absolute atomic E-state index is 0.00760. The van der Waals surface area contributed by atoms with Gasteiger partial charge >= 0.3 is 5.91 Å². The first-order valence-corrected chi connectivity index (χ1v) is 15.6. The highest BCUT2D eigenvalue weighted by molar-refractivity contribution is 7.90. The summed E-state index contributed by atoms with van der Waals surface area (Å²) >= 11 is 5.92. The van der Waals surface area contributed by atoms with Crippen LogP contribution in [0.5, 0.6) is 5.75 Å². The molecule has 0 saturated carbocycles. The number of amides is 2. The molecule has 0 saturated heterocycles. The molecule has 1 aliphatic rings. The fourth-order valence-corrected chi connectivity index (χ4v) is 5.46. The SMILES string of the molecule is C=CC(=O)[N+]1=C(C)CN(C[C@@H](Oc2cnc(C(=O)Nc3ncc(S(C)(=O)=O)cc3C)c(C)c2)c2ccc(Cl)c(F)c2)CC1. The maximum absolute atomic E-state index is 14.4. The Balaban J connectivity index is 1.54. The van der Waals surface area contributed by atoms with Crippen LogP contribution < -0.4 is 10.1 Å². The molecule has 1 atom stereocenters. The molecule has 0 bridgehead atoms. The van der Waals surface area contributed by atoms with Crippen LogP contribution in [-0.2, 0) is 14.6 Å². The standard InChI is InChI=1S/C30H31ClFN5O5S/c1-6-27(38)37-10-9-36(16-20(37)4)17-26(21-7-8-24(31)25(32)13-21)42-22-11-18(2)28(33-14-22)30(39)35-29-19(3)12-23(15-34-29)43(5,40)41/h6-8,11-15,26H,1,9-10,16-17H2,2-5H3/p+1/t26-/m1/s1. The molecule has 0 spiro atoms. The molecule has 226 valence electrons. The fourth-order valence-electron chi connectivity index (χ4n) is 4.71. The van der Waals surface area contributed by atoms with Crippen LogP contribution in [0.25, 0.3) is 0 Å². The summed E-state index contributed by atoms with van der Waals surface area (Å²) in [7, 11) is -3.44. The Morgan fingerprint density at radius 1 is 1.19 bits per heavy atom. The molecule has 0 aliphatic carbocycles. The number of halogens is 2. The van der Waals surface area contributed by atoms with Crippen LogP contribution >= 0.6 is 11.6 Å². The minimum Gasteiger partial charge on any atom is -0.483 e. The number of rotatable bonds is 9. The van der Waals surface area contributed by atoms with Crippen LogP contribution in [0.1, 0.15) is 40.2 Å². The molecular formula is C30H32ClFN5O5S+. The first-order valence-electron chi connectivity index (χ1n) is 13.3. The van der Waals surface area contributed by atoms with E-state index in [1.54, 1.807) is 30.6 Å². The van der Waals surface area contributed by atoms with Crippen molar-refractivity contribution in [1.29, 1.82) is 0 Å². The van der Waals surface area contributed by atoms with Crippen molar-refractivity contribution in [3.8, 4) is 5.75 Å². The first kappa shape index (κ1) is 31.9. The van der Waals surface area contributed by atoms with Crippen LogP contribution in [0, 0.1) is 19.7 Å². The number of pyridine rings is 2. The number of aromatic nitrogens is 2. The van der Waals surface area contributed by atoms with Crippen molar-refractivity contribution < 1.29 is 31.7 Å². The number of nitrogens with zero attached hydrogens (tertiary/aromatic N) is 4. The second-order valence-corrected chi connectivity index (χ2v) is 12.8. The highest BCUT2D eigenvalue weighted by Crippen LogP contribution is 2.27. The smallest absolute Gasteiger partial charge is 0.411 e. The predicted octanol–water partition coefficient (Wildman–Crippen LogP) is 4.16. The molecule has 0 radical (unpaired) electrons. The van der Waals surface area contributed by atoms with E-state index >= 15 is 0 Å². The summed E-state index contributed by atoms with van der Waals surface area (Å²) in [4.78, 5) is 35.7. The molecule has 1 aliphatic heterocycles. The largest absolute Gasteiger partial charge is 0.483 e. The second-order valence-electron chi connectivity index (χ2n) is 10.3. The zero-order chi connectivity index (χ0) is 31.5. The third-order valence-electron chi connectivity index (χ3n) is 6.99. The highest BCUT2D eigenvalue weighted by Gasteiger charge is 2.29. The topological polar surface area (TPSA) is 122 Å². The number of nitrogens with one attached hydrogen (secondary N) is 1. The molecule has 10 nitrogen and oxygen atoms in total. The van der Waals surface area contributed by atoms with Gasteiger partial charge in [-0.2, -0.15) is 4.58 Å². The van der Waals surface area contributed by atoms with Crippen LogP contribution in [0.15, 0.2) is 60.3 Å². The van der Waals surface area contributed by atoms with Gasteiger partial charge in [0.25, 0.3) is 5.91 Å². The predicted molar refractivity (Wildman–Crippen MR) is 161 cm³/mol. The Hall–Kier alpha value is -4.00. The number of anilines is 1. The molecule has 43 heavy (non-hydrogen) atoms. The number of aryl methyl sites for hydroxylation is 2. The molecule has 3 aromatic rings. The van der Waals surface area contributed by atoms with E-state index in [0.29, 0.717) is 48.6 Å². The molecule has 13 heteroatoms. The minimum atomic E-state index is -3.44. The lowest BCUT2D eigenvalue weighted by Crippen LogP contribution is -2.47. The number of hydrogen-bond acceptors (Lipinski definition) is 8. The zero-order valence-corrected chi connectivity index (χ0v) is 25.8. The highest BCUT2D eigenvalue weighted by atomic mass is 35.5. The lowest BCUT2D eigenvalue weighted by Gasteiger charge is -2.29. The van der Waals surface area contributed by atoms with Crippen LogP contribution in [-0.4, -0.2) is 77.8 Å². The van der Waals surface area contributed by atoms with Gasteiger partial charge in [0.2, 0.25) is 0 Å². The van der Waals surface area contributed by atoms with E-state index in [1.165, 1.54) is 36.7 Å². The van der Waals surface area contributed by atoms with Crippen molar-refractivity contribution in [2.24, 2.45) is 0 Å². The van der Waals surface area contributed by atoms with Gasteiger partial charge in [-0.15, -0.1) is 0 Å². The Morgan fingerprint density at radius 2 is 1.93 bits per heavy atom. The number of carbonyl (C=O) groups excluding carboxylic acids is 2. The summed E-state index contributed by atoms with van der Waals surface area (Å²) in [5.74, 6) is -0.687. The number of ether oxygens (including phenoxy) is 1. The quantitative estimate of drug-likeness (QED) is 0.277. The summed E-state index contributed by atoms with van der Waals surface area (Å²) in [6.07, 6.45) is 4.34.